The Kier molecular flexibility index (Phi) is 4.72. The normalized spacial score (nSPS) is 12.0. The van der Waals surface area contributed by atoms with Crippen molar-refractivity contribution in [3.05, 3.63) is 65.9 Å². The minimum Gasteiger partial charge on any atom is -0.486 e. The number of amides is 1. The summed E-state index contributed by atoms with van der Waals surface area (Å²) in [7, 11) is 0. The van der Waals surface area contributed by atoms with Gasteiger partial charge in [-0.2, -0.15) is 5.26 Å². The number of hydrogen-bond acceptors (Lipinski definition) is 7. The van der Waals surface area contributed by atoms with E-state index in [-0.39, 0.29) is 11.6 Å². The quantitative estimate of drug-likeness (QED) is 0.723. The highest BCUT2D eigenvalue weighted by Gasteiger charge is 2.13. The zero-order valence-electron chi connectivity index (χ0n) is 14.7. The van der Waals surface area contributed by atoms with Crippen molar-refractivity contribution < 1.29 is 14.3 Å². The van der Waals surface area contributed by atoms with Crippen molar-refractivity contribution in [2.75, 3.05) is 23.8 Å². The molecule has 2 aromatic carbocycles. The van der Waals surface area contributed by atoms with E-state index < -0.39 is 0 Å². The summed E-state index contributed by atoms with van der Waals surface area (Å²) < 4.78 is 11.0. The van der Waals surface area contributed by atoms with Crippen LogP contribution in [-0.2, 0) is 0 Å². The summed E-state index contributed by atoms with van der Waals surface area (Å²) >= 11 is 0. The first-order chi connectivity index (χ1) is 13.7. The Morgan fingerprint density at radius 2 is 1.68 bits per heavy atom. The average Bonchev–Trinajstić information content (AvgIpc) is 2.75. The molecule has 1 aliphatic heterocycles. The molecule has 0 spiro atoms. The summed E-state index contributed by atoms with van der Waals surface area (Å²) in [6, 6.07) is 17.3. The minimum absolute atomic E-state index is 0.178. The molecule has 0 bridgehead atoms. The van der Waals surface area contributed by atoms with Crippen molar-refractivity contribution in [3.8, 4) is 17.6 Å². The molecular weight excluding hydrogens is 358 g/mol. The van der Waals surface area contributed by atoms with Crippen LogP contribution in [0.25, 0.3) is 0 Å². The number of nitriles is 1. The number of carbonyl (C=O) groups is 1. The Balaban J connectivity index is 1.41. The molecule has 0 saturated heterocycles. The zero-order chi connectivity index (χ0) is 19.3. The van der Waals surface area contributed by atoms with E-state index in [4.69, 9.17) is 14.7 Å². The Morgan fingerprint density at radius 1 is 0.929 bits per heavy atom. The summed E-state index contributed by atoms with van der Waals surface area (Å²) in [5, 5.41) is 22.6. The molecule has 0 aliphatic carbocycles. The third-order valence-corrected chi connectivity index (χ3v) is 3.98. The van der Waals surface area contributed by atoms with Crippen molar-refractivity contribution in [2.45, 2.75) is 0 Å². The smallest absolute Gasteiger partial charge is 0.276 e. The molecule has 0 atom stereocenters. The Bertz CT molecular complexity index is 1040. The van der Waals surface area contributed by atoms with Crippen molar-refractivity contribution in [1.29, 1.82) is 5.26 Å². The molecule has 8 nitrogen and oxygen atoms in total. The van der Waals surface area contributed by atoms with Gasteiger partial charge in [0, 0.05) is 17.4 Å². The van der Waals surface area contributed by atoms with Gasteiger partial charge in [0.25, 0.3) is 5.91 Å². The van der Waals surface area contributed by atoms with Gasteiger partial charge in [0.2, 0.25) is 0 Å². The third-order valence-electron chi connectivity index (χ3n) is 3.98. The van der Waals surface area contributed by atoms with Gasteiger partial charge in [-0.25, -0.2) is 0 Å². The number of rotatable bonds is 4. The molecule has 0 fully saturated rings. The third kappa shape index (κ3) is 3.83. The van der Waals surface area contributed by atoms with Crippen LogP contribution in [0, 0.1) is 11.3 Å². The predicted molar refractivity (Wildman–Crippen MR) is 102 cm³/mol. The van der Waals surface area contributed by atoms with Crippen LogP contribution in [0.4, 0.5) is 17.2 Å². The van der Waals surface area contributed by atoms with Gasteiger partial charge >= 0.3 is 0 Å². The van der Waals surface area contributed by atoms with E-state index in [2.05, 4.69) is 20.8 Å². The summed E-state index contributed by atoms with van der Waals surface area (Å²) in [6.45, 7) is 1.05. The predicted octanol–water partition coefficient (Wildman–Crippen LogP) is 3.12. The second-order valence-corrected chi connectivity index (χ2v) is 5.93. The molecule has 0 saturated carbocycles. The van der Waals surface area contributed by atoms with Crippen LogP contribution in [-0.4, -0.2) is 29.3 Å². The van der Waals surface area contributed by atoms with Gasteiger partial charge in [-0.05, 0) is 48.5 Å². The molecule has 1 aliphatic rings. The van der Waals surface area contributed by atoms with Gasteiger partial charge in [-0.3, -0.25) is 4.79 Å². The molecule has 138 valence electrons. The zero-order valence-corrected chi connectivity index (χ0v) is 14.7. The minimum atomic E-state index is -0.386. The Labute approximate surface area is 160 Å². The molecule has 2 N–H and O–H groups in total. The maximum Gasteiger partial charge on any atom is 0.276 e. The van der Waals surface area contributed by atoms with E-state index in [1.54, 1.807) is 36.4 Å². The summed E-state index contributed by atoms with van der Waals surface area (Å²) in [5.74, 6) is 1.48. The topological polar surface area (TPSA) is 109 Å². The lowest BCUT2D eigenvalue weighted by atomic mass is 10.2. The Morgan fingerprint density at radius 3 is 2.39 bits per heavy atom. The molecule has 4 rings (SSSR count). The Hall–Kier alpha value is -4.12. The van der Waals surface area contributed by atoms with Crippen LogP contribution in [0.2, 0.25) is 0 Å². The summed E-state index contributed by atoms with van der Waals surface area (Å²) in [5.41, 5.74) is 2.04. The molecule has 1 amide bonds. The van der Waals surface area contributed by atoms with Gasteiger partial charge in [0.05, 0.1) is 11.6 Å². The molecule has 3 aromatic rings. The standard InChI is InChI=1S/C20H15N5O3/c21-12-13-1-3-14(4-2-13)23-20(26)16-6-8-19(25-24-16)22-15-5-7-17-18(11-15)28-10-9-27-17/h1-8,11H,9-10H2,(H,22,25)(H,23,26). The lowest BCUT2D eigenvalue weighted by Gasteiger charge is -2.19. The van der Waals surface area contributed by atoms with Gasteiger partial charge in [-0.15, -0.1) is 10.2 Å². The molecule has 0 radical (unpaired) electrons. The highest BCUT2D eigenvalue weighted by atomic mass is 16.6. The summed E-state index contributed by atoms with van der Waals surface area (Å²) in [6.07, 6.45) is 0. The number of aromatic nitrogens is 2. The number of anilines is 3. The van der Waals surface area contributed by atoms with Crippen LogP contribution in [0.1, 0.15) is 16.1 Å². The fourth-order valence-electron chi connectivity index (χ4n) is 2.61. The van der Waals surface area contributed by atoms with Gasteiger partial charge in [-0.1, -0.05) is 0 Å². The molecule has 1 aromatic heterocycles. The number of nitrogens with zero attached hydrogens (tertiary/aromatic N) is 3. The number of carbonyl (C=O) groups excluding carboxylic acids is 1. The second kappa shape index (κ2) is 7.63. The highest BCUT2D eigenvalue weighted by molar-refractivity contribution is 6.02. The highest BCUT2D eigenvalue weighted by Crippen LogP contribution is 2.33. The SMILES string of the molecule is N#Cc1ccc(NC(=O)c2ccc(Nc3ccc4c(c3)OCCO4)nn2)cc1. The van der Waals surface area contributed by atoms with E-state index in [0.717, 1.165) is 5.69 Å². The summed E-state index contributed by atoms with van der Waals surface area (Å²) in [4.78, 5) is 12.3. The van der Waals surface area contributed by atoms with E-state index in [1.165, 1.54) is 0 Å². The van der Waals surface area contributed by atoms with E-state index in [0.29, 0.717) is 41.8 Å². The number of nitrogens with one attached hydrogen (secondary N) is 2. The average molecular weight is 373 g/mol. The second-order valence-electron chi connectivity index (χ2n) is 5.93. The lowest BCUT2D eigenvalue weighted by Crippen LogP contribution is -2.15. The lowest BCUT2D eigenvalue weighted by molar-refractivity contribution is 0.102. The first kappa shape index (κ1) is 17.3. The fraction of sp³-hybridized carbons (Fsp3) is 0.100. The van der Waals surface area contributed by atoms with E-state index in [1.807, 2.05) is 24.3 Å². The molecule has 0 unspecified atom stereocenters. The van der Waals surface area contributed by atoms with Crippen LogP contribution in [0.15, 0.2) is 54.6 Å². The molecular formula is C20H15N5O3. The van der Waals surface area contributed by atoms with Crippen molar-refractivity contribution in [2.24, 2.45) is 0 Å². The largest absolute Gasteiger partial charge is 0.486 e. The van der Waals surface area contributed by atoms with E-state index >= 15 is 0 Å². The van der Waals surface area contributed by atoms with Gasteiger partial charge in [0.1, 0.15) is 13.2 Å². The number of fused-ring (bicyclic) bond motifs is 1. The molecule has 28 heavy (non-hydrogen) atoms. The number of hydrogen-bond donors (Lipinski definition) is 2. The monoisotopic (exact) mass is 373 g/mol. The van der Waals surface area contributed by atoms with Crippen molar-refractivity contribution in [1.82, 2.24) is 10.2 Å². The number of ether oxygens (including phenoxy) is 2. The first-order valence-corrected chi connectivity index (χ1v) is 8.53. The van der Waals surface area contributed by atoms with Gasteiger partial charge in [0.15, 0.2) is 23.0 Å². The fourth-order valence-corrected chi connectivity index (χ4v) is 2.61. The van der Waals surface area contributed by atoms with Crippen LogP contribution in [0.5, 0.6) is 11.5 Å². The van der Waals surface area contributed by atoms with Crippen LogP contribution < -0.4 is 20.1 Å². The van der Waals surface area contributed by atoms with Crippen molar-refractivity contribution >= 4 is 23.1 Å². The number of benzene rings is 2. The van der Waals surface area contributed by atoms with E-state index in [9.17, 15) is 4.79 Å². The molecule has 2 heterocycles. The molecule has 8 heteroatoms. The first-order valence-electron chi connectivity index (χ1n) is 8.53. The van der Waals surface area contributed by atoms with Crippen LogP contribution >= 0.6 is 0 Å². The van der Waals surface area contributed by atoms with Crippen molar-refractivity contribution in [3.63, 3.8) is 0 Å². The van der Waals surface area contributed by atoms with Gasteiger partial charge < -0.3 is 20.1 Å². The maximum atomic E-state index is 12.3. The van der Waals surface area contributed by atoms with Crippen LogP contribution in [0.3, 0.4) is 0 Å². The maximum absolute atomic E-state index is 12.3.